The van der Waals surface area contributed by atoms with E-state index in [-0.39, 0.29) is 17.2 Å². The van der Waals surface area contributed by atoms with Gasteiger partial charge in [0.15, 0.2) is 0 Å². The molecule has 0 saturated carbocycles. The van der Waals surface area contributed by atoms with Gasteiger partial charge < -0.3 is 14.5 Å². The molecule has 122 valence electrons. The average molecular weight is 335 g/mol. The van der Waals surface area contributed by atoms with Crippen LogP contribution >= 0.6 is 11.6 Å². The predicted octanol–water partition coefficient (Wildman–Crippen LogP) is 2.45. The van der Waals surface area contributed by atoms with Crippen LogP contribution in [0.25, 0.3) is 0 Å². The fraction of sp³-hybridized carbons (Fsp3) is 0.353. The van der Waals surface area contributed by atoms with E-state index in [0.29, 0.717) is 12.3 Å². The molecule has 1 N–H and O–H groups in total. The first-order valence-electron chi connectivity index (χ1n) is 7.54. The van der Waals surface area contributed by atoms with Crippen LogP contribution in [-0.4, -0.2) is 31.6 Å². The third-order valence-electron chi connectivity index (χ3n) is 4.05. The lowest BCUT2D eigenvalue weighted by molar-refractivity contribution is 0.141. The molecule has 2 heterocycles. The largest absolute Gasteiger partial charge is 0.490 e. The minimum Gasteiger partial charge on any atom is -0.490 e. The maximum Gasteiger partial charge on any atom is 0.227 e. The van der Waals surface area contributed by atoms with E-state index in [1.54, 1.807) is 0 Å². The topological polar surface area (TPSA) is 54.7 Å². The van der Waals surface area contributed by atoms with Crippen LogP contribution in [0.15, 0.2) is 45.8 Å². The zero-order valence-corrected chi connectivity index (χ0v) is 13.7. The van der Waals surface area contributed by atoms with Gasteiger partial charge in [0, 0.05) is 36.8 Å². The van der Waals surface area contributed by atoms with Crippen molar-refractivity contribution in [1.82, 2.24) is 10.2 Å². The maximum atomic E-state index is 11.9. The number of halogens is 1. The Hall–Kier alpha value is -1.82. The second kappa shape index (κ2) is 7.17. The van der Waals surface area contributed by atoms with Gasteiger partial charge in [-0.2, -0.15) is 0 Å². The fourth-order valence-electron chi connectivity index (χ4n) is 2.86. The van der Waals surface area contributed by atoms with E-state index in [1.165, 1.54) is 19.4 Å². The van der Waals surface area contributed by atoms with Gasteiger partial charge in [0.1, 0.15) is 12.0 Å². The van der Waals surface area contributed by atoms with Crippen molar-refractivity contribution in [2.24, 2.45) is 0 Å². The standard InChI is InChI=1S/C17H19ClN2O3/c1-22-17-11-23-12(8-16(17)21)10-20-7-6-19-9-15(20)13-4-2-3-5-14(13)18/h2-5,8,11,15,19H,6-7,9-10H2,1H3. The summed E-state index contributed by atoms with van der Waals surface area (Å²) in [4.78, 5) is 14.1. The molecule has 1 saturated heterocycles. The molecule has 1 aromatic heterocycles. The summed E-state index contributed by atoms with van der Waals surface area (Å²) < 4.78 is 10.5. The molecule has 0 spiro atoms. The summed E-state index contributed by atoms with van der Waals surface area (Å²) in [6.07, 6.45) is 1.37. The zero-order valence-electron chi connectivity index (χ0n) is 12.9. The van der Waals surface area contributed by atoms with Gasteiger partial charge in [-0.25, -0.2) is 0 Å². The van der Waals surface area contributed by atoms with Crippen LogP contribution < -0.4 is 15.5 Å². The molecule has 1 atom stereocenters. The van der Waals surface area contributed by atoms with E-state index in [2.05, 4.69) is 10.2 Å². The van der Waals surface area contributed by atoms with Crippen molar-refractivity contribution in [3.05, 3.63) is 63.2 Å². The number of hydrogen-bond donors (Lipinski definition) is 1. The van der Waals surface area contributed by atoms with Crippen LogP contribution in [0, 0.1) is 0 Å². The summed E-state index contributed by atoms with van der Waals surface area (Å²) in [6, 6.07) is 9.49. The number of rotatable bonds is 4. The highest BCUT2D eigenvalue weighted by Gasteiger charge is 2.26. The summed E-state index contributed by atoms with van der Waals surface area (Å²) in [5, 5.41) is 4.15. The number of piperazine rings is 1. The van der Waals surface area contributed by atoms with E-state index in [1.807, 2.05) is 24.3 Å². The molecular formula is C17H19ClN2O3. The molecule has 1 aromatic carbocycles. The number of nitrogens with one attached hydrogen (secondary N) is 1. The highest BCUT2D eigenvalue weighted by atomic mass is 35.5. The number of nitrogens with zero attached hydrogens (tertiary/aromatic N) is 1. The monoisotopic (exact) mass is 334 g/mol. The van der Waals surface area contributed by atoms with Crippen molar-refractivity contribution in [2.45, 2.75) is 12.6 Å². The molecule has 5 nitrogen and oxygen atoms in total. The lowest BCUT2D eigenvalue weighted by Gasteiger charge is -2.36. The van der Waals surface area contributed by atoms with E-state index < -0.39 is 0 Å². The van der Waals surface area contributed by atoms with Crippen LogP contribution in [0.1, 0.15) is 17.4 Å². The maximum absolute atomic E-state index is 11.9. The molecule has 1 aliphatic heterocycles. The second-order valence-electron chi connectivity index (χ2n) is 5.49. The van der Waals surface area contributed by atoms with Gasteiger partial charge >= 0.3 is 0 Å². The fourth-order valence-corrected chi connectivity index (χ4v) is 3.12. The lowest BCUT2D eigenvalue weighted by atomic mass is 10.0. The Balaban J connectivity index is 1.83. The van der Waals surface area contributed by atoms with Crippen LogP contribution in [0.2, 0.25) is 5.02 Å². The molecule has 0 aliphatic carbocycles. The molecule has 2 aromatic rings. The summed E-state index contributed by atoms with van der Waals surface area (Å²) >= 11 is 6.35. The zero-order chi connectivity index (χ0) is 16.2. The van der Waals surface area contributed by atoms with Crippen molar-refractivity contribution >= 4 is 11.6 Å². The molecule has 0 bridgehead atoms. The smallest absolute Gasteiger partial charge is 0.227 e. The van der Waals surface area contributed by atoms with Crippen LogP contribution in [0.4, 0.5) is 0 Å². The van der Waals surface area contributed by atoms with Gasteiger partial charge in [-0.1, -0.05) is 29.8 Å². The van der Waals surface area contributed by atoms with Crippen LogP contribution in [-0.2, 0) is 6.54 Å². The number of ether oxygens (including phenoxy) is 1. The first-order chi connectivity index (χ1) is 11.2. The highest BCUT2D eigenvalue weighted by molar-refractivity contribution is 6.31. The Morgan fingerprint density at radius 3 is 3.00 bits per heavy atom. The van der Waals surface area contributed by atoms with Gasteiger partial charge in [-0.3, -0.25) is 9.69 Å². The average Bonchev–Trinajstić information content (AvgIpc) is 2.56. The van der Waals surface area contributed by atoms with E-state index in [0.717, 1.165) is 30.2 Å². The second-order valence-corrected chi connectivity index (χ2v) is 5.90. The van der Waals surface area contributed by atoms with E-state index in [9.17, 15) is 4.79 Å². The van der Waals surface area contributed by atoms with Gasteiger partial charge in [0.2, 0.25) is 11.2 Å². The summed E-state index contributed by atoms with van der Waals surface area (Å²) in [5.74, 6) is 0.839. The molecule has 1 fully saturated rings. The Kier molecular flexibility index (Phi) is 5.00. The van der Waals surface area contributed by atoms with Crippen molar-refractivity contribution in [3.8, 4) is 5.75 Å². The van der Waals surface area contributed by atoms with E-state index in [4.69, 9.17) is 20.8 Å². The molecular weight excluding hydrogens is 316 g/mol. The van der Waals surface area contributed by atoms with Gasteiger partial charge in [0.05, 0.1) is 13.7 Å². The molecule has 1 unspecified atom stereocenters. The molecule has 0 radical (unpaired) electrons. The first kappa shape index (κ1) is 16.1. The quantitative estimate of drug-likeness (QED) is 0.930. The van der Waals surface area contributed by atoms with Gasteiger partial charge in [-0.05, 0) is 11.6 Å². The predicted molar refractivity (Wildman–Crippen MR) is 89.0 cm³/mol. The van der Waals surface area contributed by atoms with Crippen LogP contribution in [0.3, 0.4) is 0 Å². The minimum absolute atomic E-state index is 0.143. The molecule has 0 amide bonds. The van der Waals surface area contributed by atoms with Crippen molar-refractivity contribution < 1.29 is 9.15 Å². The summed E-state index contributed by atoms with van der Waals surface area (Å²) in [6.45, 7) is 3.11. The van der Waals surface area contributed by atoms with Crippen LogP contribution in [0.5, 0.6) is 5.75 Å². The SMILES string of the molecule is COc1coc(CN2CCNCC2c2ccccc2Cl)cc1=O. The normalized spacial score (nSPS) is 18.8. The van der Waals surface area contributed by atoms with Crippen molar-refractivity contribution in [2.75, 3.05) is 26.7 Å². The third-order valence-corrected chi connectivity index (χ3v) is 4.39. The first-order valence-corrected chi connectivity index (χ1v) is 7.91. The Morgan fingerprint density at radius 2 is 2.26 bits per heavy atom. The third kappa shape index (κ3) is 3.58. The Labute approximate surface area is 139 Å². The molecule has 3 rings (SSSR count). The molecule has 1 aliphatic rings. The van der Waals surface area contributed by atoms with Crippen molar-refractivity contribution in [1.29, 1.82) is 0 Å². The number of methoxy groups -OCH3 is 1. The lowest BCUT2D eigenvalue weighted by Crippen LogP contribution is -2.45. The van der Waals surface area contributed by atoms with Gasteiger partial charge in [0.25, 0.3) is 0 Å². The minimum atomic E-state index is -0.168. The van der Waals surface area contributed by atoms with Crippen molar-refractivity contribution in [3.63, 3.8) is 0 Å². The Morgan fingerprint density at radius 1 is 1.43 bits per heavy atom. The Bertz CT molecular complexity index is 732. The molecule has 6 heteroatoms. The summed E-state index contributed by atoms with van der Waals surface area (Å²) in [7, 11) is 1.45. The summed E-state index contributed by atoms with van der Waals surface area (Å²) in [5.41, 5.74) is 0.912. The highest BCUT2D eigenvalue weighted by Crippen LogP contribution is 2.29. The van der Waals surface area contributed by atoms with Gasteiger partial charge in [-0.15, -0.1) is 0 Å². The van der Waals surface area contributed by atoms with E-state index >= 15 is 0 Å². The number of benzene rings is 1. The number of hydrogen-bond acceptors (Lipinski definition) is 5. The molecule has 23 heavy (non-hydrogen) atoms.